The van der Waals surface area contributed by atoms with Crippen LogP contribution in [-0.4, -0.2) is 62.7 Å². The van der Waals surface area contributed by atoms with Crippen molar-refractivity contribution in [2.24, 2.45) is 5.10 Å². The Balaban J connectivity index is 1.70. The molecule has 28 heavy (non-hydrogen) atoms. The minimum absolute atomic E-state index is 0.0358. The normalized spacial score (nSPS) is 21.2. The average molecular weight is 409 g/mol. The topological polar surface area (TPSA) is 114 Å². The number of methoxy groups -OCH3 is 2. The van der Waals surface area contributed by atoms with Gasteiger partial charge in [0.2, 0.25) is 5.91 Å². The van der Waals surface area contributed by atoms with Crippen molar-refractivity contribution in [3.05, 3.63) is 23.8 Å². The van der Waals surface area contributed by atoms with E-state index >= 15 is 0 Å². The molecule has 0 spiro atoms. The van der Waals surface area contributed by atoms with E-state index in [0.29, 0.717) is 17.9 Å². The van der Waals surface area contributed by atoms with Crippen LogP contribution in [0.2, 0.25) is 0 Å². The van der Waals surface area contributed by atoms with Crippen LogP contribution in [0.3, 0.4) is 0 Å². The van der Waals surface area contributed by atoms with Crippen molar-refractivity contribution >= 4 is 27.4 Å². The summed E-state index contributed by atoms with van der Waals surface area (Å²) in [6.45, 7) is 0.198. The number of hydrazone groups is 1. The van der Waals surface area contributed by atoms with E-state index in [1.165, 1.54) is 12.1 Å². The highest BCUT2D eigenvalue weighted by atomic mass is 32.2. The maximum absolute atomic E-state index is 12.5. The molecule has 1 unspecified atom stereocenters. The Morgan fingerprint density at radius 2 is 2.07 bits per heavy atom. The zero-order valence-corrected chi connectivity index (χ0v) is 16.6. The Morgan fingerprint density at radius 3 is 2.71 bits per heavy atom. The number of carbonyl (C=O) groups excluding carboxylic acids is 2. The van der Waals surface area contributed by atoms with Gasteiger partial charge in [0.05, 0.1) is 31.8 Å². The smallest absolute Gasteiger partial charge is 0.267 e. The molecule has 0 radical (unpaired) electrons. The monoisotopic (exact) mass is 409 g/mol. The lowest BCUT2D eigenvalue weighted by Gasteiger charge is -2.27. The van der Waals surface area contributed by atoms with Gasteiger partial charge in [0.15, 0.2) is 9.84 Å². The van der Waals surface area contributed by atoms with Gasteiger partial charge in [0, 0.05) is 24.9 Å². The second kappa shape index (κ2) is 8.17. The average Bonchev–Trinajstić information content (AvgIpc) is 3.05. The number of nitrogens with zero attached hydrogens (tertiary/aromatic N) is 2. The predicted molar refractivity (Wildman–Crippen MR) is 102 cm³/mol. The molecule has 3 rings (SSSR count). The van der Waals surface area contributed by atoms with Gasteiger partial charge in [-0.05, 0) is 24.6 Å². The van der Waals surface area contributed by atoms with Crippen LogP contribution in [0.1, 0.15) is 24.8 Å². The lowest BCUT2D eigenvalue weighted by Crippen LogP contribution is -2.43. The fourth-order valence-corrected chi connectivity index (χ4v) is 4.98. The first kappa shape index (κ1) is 20.1. The van der Waals surface area contributed by atoms with Crippen LogP contribution in [0.5, 0.6) is 11.5 Å². The number of sulfone groups is 1. The first-order valence-corrected chi connectivity index (χ1v) is 10.7. The SMILES string of the molecule is COc1ccc(OC)c(CNC(=O)C2=NN(C3CCS(=O)(=O)C3)C(=O)CC2)c1. The van der Waals surface area contributed by atoms with E-state index in [9.17, 15) is 18.0 Å². The minimum Gasteiger partial charge on any atom is -0.497 e. The van der Waals surface area contributed by atoms with Gasteiger partial charge in [-0.3, -0.25) is 9.59 Å². The van der Waals surface area contributed by atoms with Gasteiger partial charge >= 0.3 is 0 Å². The molecule has 9 nitrogen and oxygen atoms in total. The molecule has 1 fully saturated rings. The zero-order chi connectivity index (χ0) is 20.3. The Hall–Kier alpha value is -2.62. The number of nitrogens with one attached hydrogen (secondary N) is 1. The molecule has 2 amide bonds. The van der Waals surface area contributed by atoms with Gasteiger partial charge in [-0.25, -0.2) is 13.4 Å². The molecule has 1 saturated heterocycles. The fourth-order valence-electron chi connectivity index (χ4n) is 3.29. The molecule has 1 atom stereocenters. The summed E-state index contributed by atoms with van der Waals surface area (Å²) < 4.78 is 33.9. The summed E-state index contributed by atoms with van der Waals surface area (Å²) in [6, 6.07) is 4.77. The van der Waals surface area contributed by atoms with Crippen LogP contribution in [0.15, 0.2) is 23.3 Å². The summed E-state index contributed by atoms with van der Waals surface area (Å²) >= 11 is 0. The van der Waals surface area contributed by atoms with E-state index in [-0.39, 0.29) is 42.5 Å². The van der Waals surface area contributed by atoms with Crippen LogP contribution in [-0.2, 0) is 26.0 Å². The van der Waals surface area contributed by atoms with Crippen molar-refractivity contribution in [3.8, 4) is 11.5 Å². The molecule has 152 valence electrons. The van der Waals surface area contributed by atoms with Crippen LogP contribution in [0.25, 0.3) is 0 Å². The van der Waals surface area contributed by atoms with E-state index in [0.717, 1.165) is 5.56 Å². The zero-order valence-electron chi connectivity index (χ0n) is 15.8. The summed E-state index contributed by atoms with van der Waals surface area (Å²) in [5.41, 5.74) is 0.951. The van der Waals surface area contributed by atoms with Gasteiger partial charge in [-0.15, -0.1) is 0 Å². The summed E-state index contributed by atoms with van der Waals surface area (Å²) in [5, 5.41) is 8.12. The van der Waals surface area contributed by atoms with Crippen molar-refractivity contribution in [2.75, 3.05) is 25.7 Å². The van der Waals surface area contributed by atoms with Gasteiger partial charge in [0.1, 0.15) is 17.2 Å². The lowest BCUT2D eigenvalue weighted by molar-refractivity contribution is -0.133. The molecule has 2 aliphatic rings. The number of rotatable bonds is 6. The molecular formula is C18H23N3O6S. The number of ether oxygens (including phenoxy) is 2. The minimum atomic E-state index is -3.16. The highest BCUT2D eigenvalue weighted by Gasteiger charge is 2.37. The molecule has 1 aromatic carbocycles. The Morgan fingerprint density at radius 1 is 1.29 bits per heavy atom. The van der Waals surface area contributed by atoms with Crippen molar-refractivity contribution in [2.45, 2.75) is 31.8 Å². The summed E-state index contributed by atoms with van der Waals surface area (Å²) in [5.74, 6) is 0.516. The molecule has 10 heteroatoms. The second-order valence-electron chi connectivity index (χ2n) is 6.70. The molecule has 0 bridgehead atoms. The summed E-state index contributed by atoms with van der Waals surface area (Å²) in [7, 11) is -0.0655. The third-order valence-electron chi connectivity index (χ3n) is 4.80. The largest absolute Gasteiger partial charge is 0.497 e. The van der Waals surface area contributed by atoms with E-state index in [1.807, 2.05) is 0 Å². The first-order valence-electron chi connectivity index (χ1n) is 8.92. The number of hydrogen-bond donors (Lipinski definition) is 1. The van der Waals surface area contributed by atoms with Gasteiger partial charge in [0.25, 0.3) is 5.91 Å². The van der Waals surface area contributed by atoms with Crippen molar-refractivity contribution in [3.63, 3.8) is 0 Å². The molecular weight excluding hydrogens is 386 g/mol. The summed E-state index contributed by atoms with van der Waals surface area (Å²) in [6.07, 6.45) is 0.689. The van der Waals surface area contributed by atoms with Gasteiger partial charge < -0.3 is 14.8 Å². The molecule has 0 aliphatic carbocycles. The molecule has 2 heterocycles. The van der Waals surface area contributed by atoms with Crippen LogP contribution in [0.4, 0.5) is 0 Å². The second-order valence-corrected chi connectivity index (χ2v) is 8.93. The Bertz CT molecular complexity index is 912. The third kappa shape index (κ3) is 4.44. The number of benzene rings is 1. The molecule has 0 aromatic heterocycles. The van der Waals surface area contributed by atoms with Crippen molar-refractivity contribution < 1.29 is 27.5 Å². The van der Waals surface area contributed by atoms with E-state index in [4.69, 9.17) is 9.47 Å². The van der Waals surface area contributed by atoms with Crippen LogP contribution < -0.4 is 14.8 Å². The highest BCUT2D eigenvalue weighted by Crippen LogP contribution is 2.24. The number of carbonyl (C=O) groups is 2. The number of amides is 2. The van der Waals surface area contributed by atoms with Crippen molar-refractivity contribution in [1.29, 1.82) is 0 Å². The molecule has 2 aliphatic heterocycles. The first-order chi connectivity index (χ1) is 13.3. The Labute approximate surface area is 163 Å². The van der Waals surface area contributed by atoms with Crippen LogP contribution >= 0.6 is 0 Å². The maximum atomic E-state index is 12.5. The van der Waals surface area contributed by atoms with Crippen LogP contribution in [0, 0.1) is 0 Å². The van der Waals surface area contributed by atoms with Gasteiger partial charge in [-0.2, -0.15) is 5.10 Å². The van der Waals surface area contributed by atoms with E-state index < -0.39 is 21.8 Å². The van der Waals surface area contributed by atoms with E-state index in [1.54, 1.807) is 25.3 Å². The Kier molecular flexibility index (Phi) is 5.87. The standard InChI is InChI=1S/C18H23N3O6S/c1-26-14-3-5-16(27-2)12(9-14)10-19-18(23)15-4-6-17(22)21(20-15)13-7-8-28(24,25)11-13/h3,5,9,13H,4,6-8,10-11H2,1-2H3,(H,19,23). The van der Waals surface area contributed by atoms with Gasteiger partial charge in [-0.1, -0.05) is 0 Å². The lowest BCUT2D eigenvalue weighted by atomic mass is 10.1. The number of hydrogen-bond acceptors (Lipinski definition) is 7. The fraction of sp³-hybridized carbons (Fsp3) is 0.500. The quantitative estimate of drug-likeness (QED) is 0.731. The molecule has 1 aromatic rings. The van der Waals surface area contributed by atoms with E-state index in [2.05, 4.69) is 10.4 Å². The summed E-state index contributed by atoms with van der Waals surface area (Å²) in [4.78, 5) is 24.7. The maximum Gasteiger partial charge on any atom is 0.267 e. The molecule has 0 saturated carbocycles. The molecule has 1 N–H and O–H groups in total. The predicted octanol–water partition coefficient (Wildman–Crippen LogP) is 0.486. The third-order valence-corrected chi connectivity index (χ3v) is 6.55. The highest BCUT2D eigenvalue weighted by molar-refractivity contribution is 7.91. The van der Waals surface area contributed by atoms with Crippen molar-refractivity contribution in [1.82, 2.24) is 10.3 Å².